The number of rotatable bonds is 4. The maximum absolute atomic E-state index is 12.4. The van der Waals surface area contributed by atoms with Gasteiger partial charge >= 0.3 is 0 Å². The largest absolute Gasteiger partial charge is 0.394 e. The first-order chi connectivity index (χ1) is 8.99. The molecule has 2 unspecified atom stereocenters. The van der Waals surface area contributed by atoms with Gasteiger partial charge < -0.3 is 10.2 Å². The third kappa shape index (κ3) is 2.39. The summed E-state index contributed by atoms with van der Waals surface area (Å²) >= 11 is 0. The van der Waals surface area contributed by atoms with E-state index in [2.05, 4.69) is 0 Å². The molecule has 2 amide bonds. The highest BCUT2D eigenvalue weighted by Gasteiger charge is 2.49. The van der Waals surface area contributed by atoms with Crippen LogP contribution in [0.25, 0.3) is 0 Å². The van der Waals surface area contributed by atoms with E-state index in [1.807, 2.05) is 30.3 Å². The number of imide groups is 1. The first kappa shape index (κ1) is 13.7. The highest BCUT2D eigenvalue weighted by atomic mass is 16.3. The fourth-order valence-electron chi connectivity index (χ4n) is 2.37. The minimum atomic E-state index is -1.09. The van der Waals surface area contributed by atoms with E-state index in [0.29, 0.717) is 0 Å². The third-order valence-corrected chi connectivity index (χ3v) is 3.54. The molecule has 0 radical (unpaired) electrons. The lowest BCUT2D eigenvalue weighted by atomic mass is 9.81. The summed E-state index contributed by atoms with van der Waals surface area (Å²) in [5.41, 5.74) is -0.0950. The molecule has 1 saturated heterocycles. The molecule has 0 spiro atoms. The van der Waals surface area contributed by atoms with Crippen molar-refractivity contribution in [1.29, 1.82) is 0 Å². The first-order valence-corrected chi connectivity index (χ1v) is 6.18. The predicted molar refractivity (Wildman–Crippen MR) is 68.2 cm³/mol. The Morgan fingerprint density at radius 3 is 2.53 bits per heavy atom. The molecule has 1 fully saturated rings. The number of carbonyl (C=O) groups is 2. The molecule has 102 valence electrons. The van der Waals surface area contributed by atoms with E-state index < -0.39 is 18.1 Å². The fourth-order valence-corrected chi connectivity index (χ4v) is 2.37. The quantitative estimate of drug-likeness (QED) is 0.753. The highest BCUT2D eigenvalue weighted by Crippen LogP contribution is 2.36. The van der Waals surface area contributed by atoms with Crippen molar-refractivity contribution in [3.63, 3.8) is 0 Å². The number of hydrogen-bond donors (Lipinski definition) is 2. The van der Waals surface area contributed by atoms with Gasteiger partial charge in [0.1, 0.15) is 0 Å². The Kier molecular flexibility index (Phi) is 3.68. The van der Waals surface area contributed by atoms with Gasteiger partial charge in [-0.05, 0) is 12.5 Å². The lowest BCUT2D eigenvalue weighted by Gasteiger charge is -2.23. The summed E-state index contributed by atoms with van der Waals surface area (Å²) in [7, 11) is 0. The van der Waals surface area contributed by atoms with Gasteiger partial charge in [0.15, 0.2) is 0 Å². The van der Waals surface area contributed by atoms with Crippen LogP contribution in [-0.2, 0) is 15.0 Å². The van der Waals surface area contributed by atoms with Crippen LogP contribution in [0.5, 0.6) is 0 Å². The van der Waals surface area contributed by atoms with Crippen LogP contribution in [0.3, 0.4) is 0 Å². The van der Waals surface area contributed by atoms with Gasteiger partial charge in [-0.15, -0.1) is 0 Å². The van der Waals surface area contributed by atoms with Gasteiger partial charge in [-0.2, -0.15) is 0 Å². The van der Waals surface area contributed by atoms with Crippen LogP contribution in [0.1, 0.15) is 18.9 Å². The molecular formula is C14H17NO4. The van der Waals surface area contributed by atoms with E-state index in [1.54, 1.807) is 6.92 Å². The van der Waals surface area contributed by atoms with Crippen molar-refractivity contribution < 1.29 is 19.8 Å². The molecule has 1 aliphatic heterocycles. The predicted octanol–water partition coefficient (Wildman–Crippen LogP) is 0.0564. The number of β-amino-alcohol motifs (C(OH)–C–C–N with tert-alkyl or cyclic N) is 1. The van der Waals surface area contributed by atoms with Gasteiger partial charge in [0.25, 0.3) is 0 Å². The standard InChI is InChI=1S/C14H17NO4/c1-14(10-5-3-2-4-6-10)7-12(18)15(13(14)19)8-11(17)9-16/h2-6,11,16-17H,7-9H2,1H3. The Labute approximate surface area is 111 Å². The van der Waals surface area contributed by atoms with Gasteiger partial charge in [0.05, 0.1) is 24.7 Å². The summed E-state index contributed by atoms with van der Waals surface area (Å²) in [5.74, 6) is -0.639. The van der Waals surface area contributed by atoms with Gasteiger partial charge in [0.2, 0.25) is 11.8 Å². The number of likely N-dealkylation sites (tertiary alicyclic amines) is 1. The fraction of sp³-hybridized carbons (Fsp3) is 0.429. The topological polar surface area (TPSA) is 77.8 Å². The average molecular weight is 263 g/mol. The van der Waals surface area contributed by atoms with Crippen molar-refractivity contribution in [3.8, 4) is 0 Å². The Balaban J connectivity index is 2.27. The lowest BCUT2D eigenvalue weighted by molar-refractivity contribution is -0.141. The Hall–Kier alpha value is -1.72. The van der Waals surface area contributed by atoms with Crippen molar-refractivity contribution >= 4 is 11.8 Å². The van der Waals surface area contributed by atoms with Crippen molar-refractivity contribution in [1.82, 2.24) is 4.90 Å². The summed E-state index contributed by atoms with van der Waals surface area (Å²) in [6.07, 6.45) is -1.00. The van der Waals surface area contributed by atoms with Crippen LogP contribution >= 0.6 is 0 Å². The molecule has 0 aliphatic carbocycles. The molecule has 2 N–H and O–H groups in total. The molecule has 19 heavy (non-hydrogen) atoms. The molecule has 1 aromatic rings. The van der Waals surface area contributed by atoms with E-state index in [0.717, 1.165) is 10.5 Å². The monoisotopic (exact) mass is 263 g/mol. The SMILES string of the molecule is CC1(c2ccccc2)CC(=O)N(CC(O)CO)C1=O. The molecule has 1 aromatic carbocycles. The number of nitrogens with zero attached hydrogens (tertiary/aromatic N) is 1. The van der Waals surface area contributed by atoms with Crippen molar-refractivity contribution in [2.24, 2.45) is 0 Å². The average Bonchev–Trinajstić information content (AvgIpc) is 2.64. The maximum atomic E-state index is 12.4. The Morgan fingerprint density at radius 1 is 1.32 bits per heavy atom. The molecule has 2 atom stereocenters. The number of amides is 2. The summed E-state index contributed by atoms with van der Waals surface area (Å²) in [4.78, 5) is 25.4. The molecule has 5 nitrogen and oxygen atoms in total. The van der Waals surface area contributed by atoms with Crippen molar-refractivity contribution in [2.75, 3.05) is 13.2 Å². The number of aliphatic hydroxyl groups excluding tert-OH is 2. The van der Waals surface area contributed by atoms with Gasteiger partial charge in [-0.25, -0.2) is 0 Å². The molecule has 0 bridgehead atoms. The van der Waals surface area contributed by atoms with Crippen LogP contribution in [0.15, 0.2) is 30.3 Å². The van der Waals surface area contributed by atoms with E-state index >= 15 is 0 Å². The summed E-state index contributed by atoms with van der Waals surface area (Å²) in [6.45, 7) is 1.10. The minimum absolute atomic E-state index is 0.0913. The Morgan fingerprint density at radius 2 is 1.95 bits per heavy atom. The first-order valence-electron chi connectivity index (χ1n) is 6.18. The minimum Gasteiger partial charge on any atom is -0.394 e. The lowest BCUT2D eigenvalue weighted by Crippen LogP contribution is -2.41. The normalized spacial score (nSPS) is 24.9. The molecular weight excluding hydrogens is 246 g/mol. The maximum Gasteiger partial charge on any atom is 0.240 e. The zero-order valence-electron chi connectivity index (χ0n) is 10.7. The zero-order chi connectivity index (χ0) is 14.0. The number of aliphatic hydroxyl groups is 2. The zero-order valence-corrected chi connectivity index (χ0v) is 10.7. The van der Waals surface area contributed by atoms with Gasteiger partial charge in [0, 0.05) is 6.42 Å². The van der Waals surface area contributed by atoms with Gasteiger partial charge in [-0.3, -0.25) is 14.5 Å². The van der Waals surface area contributed by atoms with E-state index in [4.69, 9.17) is 5.11 Å². The van der Waals surface area contributed by atoms with Crippen LogP contribution in [0.2, 0.25) is 0 Å². The summed E-state index contributed by atoms with van der Waals surface area (Å²) in [5, 5.41) is 18.2. The molecule has 5 heteroatoms. The van der Waals surface area contributed by atoms with E-state index in [-0.39, 0.29) is 24.8 Å². The van der Waals surface area contributed by atoms with Crippen molar-refractivity contribution in [3.05, 3.63) is 35.9 Å². The molecule has 1 aliphatic rings. The van der Waals surface area contributed by atoms with Crippen LogP contribution in [0, 0.1) is 0 Å². The van der Waals surface area contributed by atoms with Gasteiger partial charge in [-0.1, -0.05) is 30.3 Å². The summed E-state index contributed by atoms with van der Waals surface area (Å²) in [6, 6.07) is 9.13. The summed E-state index contributed by atoms with van der Waals surface area (Å²) < 4.78 is 0. The van der Waals surface area contributed by atoms with Crippen LogP contribution < -0.4 is 0 Å². The van der Waals surface area contributed by atoms with Crippen LogP contribution in [0.4, 0.5) is 0 Å². The number of carbonyl (C=O) groups excluding carboxylic acids is 2. The highest BCUT2D eigenvalue weighted by molar-refractivity contribution is 6.08. The van der Waals surface area contributed by atoms with E-state index in [9.17, 15) is 14.7 Å². The smallest absolute Gasteiger partial charge is 0.240 e. The molecule has 1 heterocycles. The number of hydrogen-bond acceptors (Lipinski definition) is 4. The third-order valence-electron chi connectivity index (χ3n) is 3.54. The molecule has 0 saturated carbocycles. The second-order valence-corrected chi connectivity index (χ2v) is 5.02. The van der Waals surface area contributed by atoms with E-state index in [1.165, 1.54) is 0 Å². The van der Waals surface area contributed by atoms with Crippen molar-refractivity contribution in [2.45, 2.75) is 24.9 Å². The molecule has 2 rings (SSSR count). The second kappa shape index (κ2) is 5.11. The second-order valence-electron chi connectivity index (χ2n) is 5.02. The van der Waals surface area contributed by atoms with Crippen LogP contribution in [-0.4, -0.2) is 46.2 Å². The Bertz CT molecular complexity index is 487. The molecule has 0 aromatic heterocycles. The number of benzene rings is 1.